The number of hydrogen-bond acceptors (Lipinski definition) is 1. The molecule has 3 aromatic rings. The van der Waals surface area contributed by atoms with Crippen LogP contribution in [0.1, 0.15) is 34.6 Å². The van der Waals surface area contributed by atoms with Gasteiger partial charge in [0.25, 0.3) is 0 Å². The van der Waals surface area contributed by atoms with Crippen molar-refractivity contribution in [1.29, 1.82) is 0 Å². The van der Waals surface area contributed by atoms with E-state index in [2.05, 4.69) is 11.5 Å². The first-order valence-corrected chi connectivity index (χ1v) is 7.46. The lowest BCUT2D eigenvalue weighted by atomic mass is 10.1. The van der Waals surface area contributed by atoms with Crippen LogP contribution in [-0.2, 0) is 0 Å². The fraction of sp³-hybridized carbons (Fsp3) is 0.167. The standard InChI is InChI=1S/C18H16ClNO2/c1-11(13-7-9-14(19)10-8-13)20-12(2)17(18(21)22)15-5-3-4-6-16(15)20/h3-11H,1-2H3,(H,21,22). The molecule has 0 spiro atoms. The number of hydrogen-bond donors (Lipinski definition) is 1. The predicted molar refractivity (Wildman–Crippen MR) is 88.9 cm³/mol. The fourth-order valence-corrected chi connectivity index (χ4v) is 3.18. The number of halogens is 1. The first-order valence-electron chi connectivity index (χ1n) is 7.09. The van der Waals surface area contributed by atoms with Crippen LogP contribution in [0.25, 0.3) is 10.9 Å². The minimum Gasteiger partial charge on any atom is -0.478 e. The molecular weight excluding hydrogens is 298 g/mol. The molecule has 0 aliphatic carbocycles. The van der Waals surface area contributed by atoms with Gasteiger partial charge in [-0.2, -0.15) is 0 Å². The molecule has 0 amide bonds. The lowest BCUT2D eigenvalue weighted by molar-refractivity contribution is 0.0698. The number of nitrogens with zero attached hydrogens (tertiary/aromatic N) is 1. The van der Waals surface area contributed by atoms with E-state index in [9.17, 15) is 9.90 Å². The van der Waals surface area contributed by atoms with Gasteiger partial charge in [0, 0.05) is 21.6 Å². The van der Waals surface area contributed by atoms with E-state index in [1.807, 2.05) is 55.5 Å². The Morgan fingerprint density at radius 2 is 1.77 bits per heavy atom. The summed E-state index contributed by atoms with van der Waals surface area (Å²) in [6, 6.07) is 15.3. The first-order chi connectivity index (χ1) is 10.5. The van der Waals surface area contributed by atoms with E-state index < -0.39 is 5.97 Å². The third-order valence-electron chi connectivity index (χ3n) is 4.11. The van der Waals surface area contributed by atoms with Gasteiger partial charge in [-0.05, 0) is 37.6 Å². The van der Waals surface area contributed by atoms with Crippen molar-refractivity contribution in [2.75, 3.05) is 0 Å². The maximum atomic E-state index is 11.6. The Balaban J connectivity index is 2.24. The Kier molecular flexibility index (Phi) is 3.67. The van der Waals surface area contributed by atoms with Gasteiger partial charge in [-0.1, -0.05) is 41.9 Å². The van der Waals surface area contributed by atoms with Crippen LogP contribution < -0.4 is 0 Å². The third-order valence-corrected chi connectivity index (χ3v) is 4.36. The van der Waals surface area contributed by atoms with Gasteiger partial charge in [0.15, 0.2) is 0 Å². The van der Waals surface area contributed by atoms with Crippen LogP contribution in [-0.4, -0.2) is 15.6 Å². The summed E-state index contributed by atoms with van der Waals surface area (Å²) in [5.74, 6) is -0.893. The summed E-state index contributed by atoms with van der Waals surface area (Å²) in [7, 11) is 0. The van der Waals surface area contributed by atoms with Gasteiger partial charge >= 0.3 is 5.97 Å². The van der Waals surface area contributed by atoms with E-state index in [0.717, 1.165) is 22.2 Å². The molecule has 0 saturated heterocycles. The highest BCUT2D eigenvalue weighted by Gasteiger charge is 2.22. The topological polar surface area (TPSA) is 42.2 Å². The molecule has 3 rings (SSSR count). The van der Waals surface area contributed by atoms with Crippen molar-refractivity contribution in [2.24, 2.45) is 0 Å². The van der Waals surface area contributed by atoms with Crippen molar-refractivity contribution in [2.45, 2.75) is 19.9 Å². The molecule has 1 unspecified atom stereocenters. The second kappa shape index (κ2) is 5.50. The molecule has 0 saturated carbocycles. The SMILES string of the molecule is Cc1c(C(=O)O)c2ccccc2n1C(C)c1ccc(Cl)cc1. The molecule has 1 atom stereocenters. The molecule has 0 bridgehead atoms. The van der Waals surface area contributed by atoms with Crippen LogP contribution in [0.15, 0.2) is 48.5 Å². The average molecular weight is 314 g/mol. The molecule has 0 fully saturated rings. The van der Waals surface area contributed by atoms with Crippen LogP contribution in [0, 0.1) is 6.92 Å². The zero-order valence-electron chi connectivity index (χ0n) is 12.4. The molecule has 3 nitrogen and oxygen atoms in total. The minimum absolute atomic E-state index is 0.0234. The summed E-state index contributed by atoms with van der Waals surface area (Å²) < 4.78 is 2.07. The molecule has 0 radical (unpaired) electrons. The molecule has 112 valence electrons. The normalized spacial score (nSPS) is 12.5. The number of rotatable bonds is 3. The molecule has 2 aromatic carbocycles. The molecular formula is C18H16ClNO2. The predicted octanol–water partition coefficient (Wildman–Crippen LogP) is 4.91. The van der Waals surface area contributed by atoms with Crippen molar-refractivity contribution in [3.05, 3.63) is 70.4 Å². The Morgan fingerprint density at radius 1 is 1.14 bits per heavy atom. The Bertz CT molecular complexity index is 849. The summed E-state index contributed by atoms with van der Waals surface area (Å²) in [5.41, 5.74) is 3.15. The Morgan fingerprint density at radius 3 is 2.41 bits per heavy atom. The number of aromatic carboxylic acids is 1. The van der Waals surface area contributed by atoms with E-state index in [-0.39, 0.29) is 6.04 Å². The monoisotopic (exact) mass is 313 g/mol. The summed E-state index contributed by atoms with van der Waals surface area (Å²) >= 11 is 5.95. The second-order valence-corrected chi connectivity index (χ2v) is 5.82. The number of fused-ring (bicyclic) bond motifs is 1. The lowest BCUT2D eigenvalue weighted by Crippen LogP contribution is -2.09. The number of carboxylic acids is 1. The maximum Gasteiger partial charge on any atom is 0.338 e. The second-order valence-electron chi connectivity index (χ2n) is 5.38. The summed E-state index contributed by atoms with van der Waals surface area (Å²) in [5, 5.41) is 11.0. The number of carbonyl (C=O) groups is 1. The van der Waals surface area contributed by atoms with E-state index in [1.165, 1.54) is 0 Å². The fourth-order valence-electron chi connectivity index (χ4n) is 3.05. The van der Waals surface area contributed by atoms with Crippen LogP contribution in [0.3, 0.4) is 0 Å². The van der Waals surface area contributed by atoms with Crippen LogP contribution in [0.2, 0.25) is 5.02 Å². The van der Waals surface area contributed by atoms with Gasteiger partial charge in [-0.15, -0.1) is 0 Å². The minimum atomic E-state index is -0.893. The van der Waals surface area contributed by atoms with Crippen LogP contribution in [0.5, 0.6) is 0 Å². The number of carboxylic acid groups (broad SMARTS) is 1. The molecule has 1 aromatic heterocycles. The molecule has 0 aliphatic rings. The van der Waals surface area contributed by atoms with Crippen LogP contribution >= 0.6 is 11.6 Å². The zero-order chi connectivity index (χ0) is 15.9. The van der Waals surface area contributed by atoms with E-state index in [1.54, 1.807) is 0 Å². The van der Waals surface area contributed by atoms with Crippen molar-refractivity contribution >= 4 is 28.5 Å². The summed E-state index contributed by atoms with van der Waals surface area (Å²) in [4.78, 5) is 11.6. The average Bonchev–Trinajstić information content (AvgIpc) is 2.79. The number of benzene rings is 2. The van der Waals surface area contributed by atoms with Crippen molar-refractivity contribution in [1.82, 2.24) is 4.57 Å². The van der Waals surface area contributed by atoms with E-state index in [0.29, 0.717) is 10.6 Å². The van der Waals surface area contributed by atoms with E-state index >= 15 is 0 Å². The molecule has 1 heterocycles. The zero-order valence-corrected chi connectivity index (χ0v) is 13.1. The lowest BCUT2D eigenvalue weighted by Gasteiger charge is -2.18. The maximum absolute atomic E-state index is 11.6. The smallest absolute Gasteiger partial charge is 0.338 e. The Hall–Kier alpha value is -2.26. The van der Waals surface area contributed by atoms with Gasteiger partial charge in [0.2, 0.25) is 0 Å². The van der Waals surface area contributed by atoms with Gasteiger partial charge in [0.05, 0.1) is 11.6 Å². The largest absolute Gasteiger partial charge is 0.478 e. The number of para-hydroxylation sites is 1. The van der Waals surface area contributed by atoms with Crippen LogP contribution in [0.4, 0.5) is 0 Å². The van der Waals surface area contributed by atoms with Gasteiger partial charge < -0.3 is 9.67 Å². The van der Waals surface area contributed by atoms with E-state index in [4.69, 9.17) is 11.6 Å². The van der Waals surface area contributed by atoms with Gasteiger partial charge in [0.1, 0.15) is 0 Å². The van der Waals surface area contributed by atoms with Gasteiger partial charge in [-0.3, -0.25) is 0 Å². The van der Waals surface area contributed by atoms with Gasteiger partial charge in [-0.25, -0.2) is 4.79 Å². The molecule has 0 aliphatic heterocycles. The first kappa shape index (κ1) is 14.7. The highest BCUT2D eigenvalue weighted by molar-refractivity contribution is 6.30. The quantitative estimate of drug-likeness (QED) is 0.746. The number of aromatic nitrogens is 1. The molecule has 4 heteroatoms. The summed E-state index contributed by atoms with van der Waals surface area (Å²) in [6.45, 7) is 3.92. The highest BCUT2D eigenvalue weighted by Crippen LogP contribution is 2.32. The van der Waals surface area contributed by atoms with Crippen molar-refractivity contribution < 1.29 is 9.90 Å². The molecule has 1 N–H and O–H groups in total. The third kappa shape index (κ3) is 2.28. The van der Waals surface area contributed by atoms with Crippen molar-refractivity contribution in [3.8, 4) is 0 Å². The summed E-state index contributed by atoms with van der Waals surface area (Å²) in [6.07, 6.45) is 0. The highest BCUT2D eigenvalue weighted by atomic mass is 35.5. The molecule has 22 heavy (non-hydrogen) atoms. The van der Waals surface area contributed by atoms with Crippen molar-refractivity contribution in [3.63, 3.8) is 0 Å². The Labute approximate surface area is 133 Å².